The van der Waals surface area contributed by atoms with Gasteiger partial charge in [-0.3, -0.25) is 0 Å². The zero-order chi connectivity index (χ0) is 9.97. The summed E-state index contributed by atoms with van der Waals surface area (Å²) < 4.78 is 0. The summed E-state index contributed by atoms with van der Waals surface area (Å²) >= 11 is 3.46. The van der Waals surface area contributed by atoms with Crippen LogP contribution < -0.4 is 0 Å². The molecule has 0 amide bonds. The van der Waals surface area contributed by atoms with E-state index >= 15 is 0 Å². The summed E-state index contributed by atoms with van der Waals surface area (Å²) in [6.45, 7) is 2.06. The third-order valence-corrected chi connectivity index (χ3v) is 3.47. The number of nitrogens with zero attached hydrogens (tertiary/aromatic N) is 2. The number of aryl methyl sites for hydroxylation is 1. The first-order valence-electron chi connectivity index (χ1n) is 5.19. The third-order valence-electron chi connectivity index (χ3n) is 2.94. The Morgan fingerprint density at radius 3 is 2.79 bits per heavy atom. The molecule has 1 aromatic heterocycles. The zero-order valence-electron chi connectivity index (χ0n) is 8.46. The van der Waals surface area contributed by atoms with Crippen molar-refractivity contribution in [3.8, 4) is 0 Å². The van der Waals surface area contributed by atoms with Crippen LogP contribution >= 0.6 is 15.9 Å². The normalized spacial score (nSPS) is 17.6. The maximum absolute atomic E-state index is 4.61. The summed E-state index contributed by atoms with van der Waals surface area (Å²) in [7, 11) is 0. The molecule has 0 spiro atoms. The van der Waals surface area contributed by atoms with E-state index in [-0.39, 0.29) is 0 Å². The zero-order valence-corrected chi connectivity index (χ0v) is 10.0. The van der Waals surface area contributed by atoms with E-state index in [1.807, 2.05) is 6.20 Å². The molecule has 2 nitrogen and oxygen atoms in total. The van der Waals surface area contributed by atoms with Crippen LogP contribution in [0.1, 0.15) is 48.7 Å². The van der Waals surface area contributed by atoms with Crippen LogP contribution in [0.5, 0.6) is 0 Å². The second kappa shape index (κ2) is 4.39. The summed E-state index contributed by atoms with van der Waals surface area (Å²) in [5.74, 6) is 1.68. The topological polar surface area (TPSA) is 25.8 Å². The molecule has 14 heavy (non-hydrogen) atoms. The third kappa shape index (κ3) is 1.97. The summed E-state index contributed by atoms with van der Waals surface area (Å²) in [4.78, 5) is 9.05. The second-order valence-corrected chi connectivity index (χ2v) is 4.53. The van der Waals surface area contributed by atoms with Gasteiger partial charge in [0.15, 0.2) is 0 Å². The standard InChI is InChI=1S/C11H15BrN2/c1-8-7-13-11(14-10(8)6-12)9-4-2-3-5-9/h7,9H,2-6H2,1H3. The lowest BCUT2D eigenvalue weighted by atomic mass is 10.1. The van der Waals surface area contributed by atoms with E-state index in [9.17, 15) is 0 Å². The highest BCUT2D eigenvalue weighted by molar-refractivity contribution is 9.08. The molecule has 0 atom stereocenters. The fraction of sp³-hybridized carbons (Fsp3) is 0.636. The van der Waals surface area contributed by atoms with Crippen molar-refractivity contribution in [1.82, 2.24) is 9.97 Å². The Morgan fingerprint density at radius 1 is 1.43 bits per heavy atom. The number of rotatable bonds is 2. The van der Waals surface area contributed by atoms with Gasteiger partial charge in [-0.25, -0.2) is 9.97 Å². The molecule has 0 aromatic carbocycles. The SMILES string of the molecule is Cc1cnc(C2CCCC2)nc1CBr. The fourth-order valence-electron chi connectivity index (χ4n) is 2.01. The van der Waals surface area contributed by atoms with Gasteiger partial charge in [0.2, 0.25) is 0 Å². The molecule has 1 heterocycles. The number of hydrogen-bond acceptors (Lipinski definition) is 2. The Bertz CT molecular complexity index is 319. The summed E-state index contributed by atoms with van der Waals surface area (Å²) in [6, 6.07) is 0. The molecule has 0 radical (unpaired) electrons. The monoisotopic (exact) mass is 254 g/mol. The number of alkyl halides is 1. The first-order chi connectivity index (χ1) is 6.81. The average molecular weight is 255 g/mol. The Labute approximate surface area is 93.3 Å². The van der Waals surface area contributed by atoms with Gasteiger partial charge in [0.25, 0.3) is 0 Å². The van der Waals surface area contributed by atoms with Crippen molar-refractivity contribution in [2.75, 3.05) is 0 Å². The summed E-state index contributed by atoms with van der Waals surface area (Å²) in [6.07, 6.45) is 7.17. The largest absolute Gasteiger partial charge is 0.241 e. The average Bonchev–Trinajstić information content (AvgIpc) is 2.71. The molecule has 1 aliphatic rings. The van der Waals surface area contributed by atoms with Crippen molar-refractivity contribution in [1.29, 1.82) is 0 Å². The van der Waals surface area contributed by atoms with Crippen LogP contribution in [-0.2, 0) is 5.33 Å². The molecule has 1 aromatic rings. The van der Waals surface area contributed by atoms with Crippen molar-refractivity contribution in [2.45, 2.75) is 43.9 Å². The van der Waals surface area contributed by atoms with E-state index in [0.717, 1.165) is 16.8 Å². The molecular formula is C11H15BrN2. The summed E-state index contributed by atoms with van der Waals surface area (Å²) in [5.41, 5.74) is 2.32. The van der Waals surface area contributed by atoms with Crippen LogP contribution in [-0.4, -0.2) is 9.97 Å². The van der Waals surface area contributed by atoms with Gasteiger partial charge in [-0.15, -0.1) is 0 Å². The Morgan fingerprint density at radius 2 is 2.14 bits per heavy atom. The van der Waals surface area contributed by atoms with Gasteiger partial charge in [0.1, 0.15) is 5.82 Å². The van der Waals surface area contributed by atoms with Gasteiger partial charge in [-0.2, -0.15) is 0 Å². The smallest absolute Gasteiger partial charge is 0.131 e. The van der Waals surface area contributed by atoms with Crippen LogP contribution in [0.25, 0.3) is 0 Å². The highest BCUT2D eigenvalue weighted by Crippen LogP contribution is 2.32. The predicted octanol–water partition coefficient (Wildman–Crippen LogP) is 3.34. The Balaban J connectivity index is 2.25. The van der Waals surface area contributed by atoms with Crippen LogP contribution in [0.2, 0.25) is 0 Å². The Hall–Kier alpha value is -0.440. The maximum atomic E-state index is 4.61. The van der Waals surface area contributed by atoms with Crippen LogP contribution in [0, 0.1) is 6.92 Å². The van der Waals surface area contributed by atoms with E-state index in [0.29, 0.717) is 5.92 Å². The van der Waals surface area contributed by atoms with Crippen molar-refractivity contribution < 1.29 is 0 Å². The van der Waals surface area contributed by atoms with Gasteiger partial charge in [-0.05, 0) is 25.3 Å². The van der Waals surface area contributed by atoms with Gasteiger partial charge >= 0.3 is 0 Å². The highest BCUT2D eigenvalue weighted by atomic mass is 79.9. The van der Waals surface area contributed by atoms with Crippen molar-refractivity contribution >= 4 is 15.9 Å². The van der Waals surface area contributed by atoms with Gasteiger partial charge < -0.3 is 0 Å². The van der Waals surface area contributed by atoms with Gasteiger partial charge in [-0.1, -0.05) is 28.8 Å². The lowest BCUT2D eigenvalue weighted by Gasteiger charge is -2.09. The van der Waals surface area contributed by atoms with Crippen molar-refractivity contribution in [2.24, 2.45) is 0 Å². The number of hydrogen-bond donors (Lipinski definition) is 0. The second-order valence-electron chi connectivity index (χ2n) is 3.97. The van der Waals surface area contributed by atoms with E-state index < -0.39 is 0 Å². The lowest BCUT2D eigenvalue weighted by Crippen LogP contribution is -2.04. The molecule has 2 rings (SSSR count). The minimum Gasteiger partial charge on any atom is -0.241 e. The quantitative estimate of drug-likeness (QED) is 0.757. The number of halogens is 1. The molecule has 0 bridgehead atoms. The highest BCUT2D eigenvalue weighted by Gasteiger charge is 2.20. The molecule has 3 heteroatoms. The minimum atomic E-state index is 0.619. The number of aromatic nitrogens is 2. The van der Waals surface area contributed by atoms with Crippen LogP contribution in [0.4, 0.5) is 0 Å². The van der Waals surface area contributed by atoms with Crippen LogP contribution in [0.15, 0.2) is 6.20 Å². The van der Waals surface area contributed by atoms with E-state index in [1.54, 1.807) is 0 Å². The molecule has 1 saturated carbocycles. The first-order valence-corrected chi connectivity index (χ1v) is 6.32. The molecule has 0 N–H and O–H groups in total. The van der Waals surface area contributed by atoms with E-state index in [1.165, 1.54) is 31.2 Å². The molecule has 1 aliphatic carbocycles. The molecular weight excluding hydrogens is 240 g/mol. The minimum absolute atomic E-state index is 0.619. The first kappa shape index (κ1) is 10.1. The molecule has 76 valence electrons. The fourth-order valence-corrected chi connectivity index (χ4v) is 2.58. The molecule has 0 aliphatic heterocycles. The van der Waals surface area contributed by atoms with E-state index in [4.69, 9.17) is 0 Å². The van der Waals surface area contributed by atoms with Crippen molar-refractivity contribution in [3.63, 3.8) is 0 Å². The Kier molecular flexibility index (Phi) is 3.16. The van der Waals surface area contributed by atoms with Crippen molar-refractivity contribution in [3.05, 3.63) is 23.3 Å². The van der Waals surface area contributed by atoms with Gasteiger partial charge in [0.05, 0.1) is 5.69 Å². The van der Waals surface area contributed by atoms with E-state index in [2.05, 4.69) is 32.8 Å². The molecule has 1 fully saturated rings. The van der Waals surface area contributed by atoms with Crippen LogP contribution in [0.3, 0.4) is 0 Å². The summed E-state index contributed by atoms with van der Waals surface area (Å²) in [5, 5.41) is 0.834. The lowest BCUT2D eigenvalue weighted by molar-refractivity contribution is 0.661. The maximum Gasteiger partial charge on any atom is 0.131 e. The molecule has 0 saturated heterocycles. The van der Waals surface area contributed by atoms with Gasteiger partial charge in [0, 0.05) is 17.4 Å². The predicted molar refractivity (Wildman–Crippen MR) is 60.6 cm³/mol. The molecule has 0 unspecified atom stereocenters.